The van der Waals surface area contributed by atoms with Crippen LogP contribution in [0.3, 0.4) is 0 Å². The molecule has 0 spiro atoms. The molecular weight excluding hydrogens is 228 g/mol. The van der Waals surface area contributed by atoms with Crippen LogP contribution < -0.4 is 10.6 Å². The lowest BCUT2D eigenvalue weighted by atomic mass is 10.1. The standard InChI is InChI=1S/C14H14N2O2/c1-3-4-9(2)15-14(18)10-5-6-12-11(7-10)8-13(17)16-12/h1,5-7,9H,4,8H2,2H3,(H,15,18)(H,16,17). The van der Waals surface area contributed by atoms with Gasteiger partial charge in [0.05, 0.1) is 6.42 Å². The number of rotatable bonds is 3. The number of nitrogens with one attached hydrogen (secondary N) is 2. The molecule has 0 saturated heterocycles. The number of fused-ring (bicyclic) bond motifs is 1. The van der Waals surface area contributed by atoms with Crippen LogP contribution in [-0.4, -0.2) is 17.9 Å². The SMILES string of the molecule is C#CCC(C)NC(=O)c1ccc2c(c1)CC(=O)N2. The van der Waals surface area contributed by atoms with Gasteiger partial charge < -0.3 is 10.6 Å². The lowest BCUT2D eigenvalue weighted by Crippen LogP contribution is -2.32. The molecule has 0 saturated carbocycles. The average molecular weight is 242 g/mol. The zero-order chi connectivity index (χ0) is 13.1. The molecule has 0 fully saturated rings. The first kappa shape index (κ1) is 12.2. The van der Waals surface area contributed by atoms with Crippen LogP contribution in [0.5, 0.6) is 0 Å². The van der Waals surface area contributed by atoms with Crippen LogP contribution in [0.25, 0.3) is 0 Å². The van der Waals surface area contributed by atoms with Gasteiger partial charge in [0.2, 0.25) is 5.91 Å². The molecule has 1 atom stereocenters. The third-order valence-electron chi connectivity index (χ3n) is 2.79. The highest BCUT2D eigenvalue weighted by Crippen LogP contribution is 2.23. The van der Waals surface area contributed by atoms with Crippen LogP contribution in [0, 0.1) is 12.3 Å². The van der Waals surface area contributed by atoms with Crippen LogP contribution in [-0.2, 0) is 11.2 Å². The number of carbonyl (C=O) groups is 2. The fourth-order valence-corrected chi connectivity index (χ4v) is 1.91. The minimum absolute atomic E-state index is 0.0387. The monoisotopic (exact) mass is 242 g/mol. The summed E-state index contributed by atoms with van der Waals surface area (Å²) >= 11 is 0. The van der Waals surface area contributed by atoms with Crippen molar-refractivity contribution >= 4 is 17.5 Å². The molecule has 1 aliphatic heterocycles. The maximum atomic E-state index is 11.9. The Kier molecular flexibility index (Phi) is 3.33. The minimum Gasteiger partial charge on any atom is -0.349 e. The molecule has 0 aromatic heterocycles. The molecule has 4 heteroatoms. The maximum absolute atomic E-state index is 11.9. The molecule has 4 nitrogen and oxygen atoms in total. The first-order chi connectivity index (χ1) is 8.60. The van der Waals surface area contributed by atoms with Gasteiger partial charge in [-0.25, -0.2) is 0 Å². The largest absolute Gasteiger partial charge is 0.349 e. The van der Waals surface area contributed by atoms with Crippen molar-refractivity contribution in [2.75, 3.05) is 5.32 Å². The topological polar surface area (TPSA) is 58.2 Å². The molecule has 0 aliphatic carbocycles. The molecule has 92 valence electrons. The highest BCUT2D eigenvalue weighted by Gasteiger charge is 2.19. The van der Waals surface area contributed by atoms with Crippen LogP contribution in [0.4, 0.5) is 5.69 Å². The van der Waals surface area contributed by atoms with E-state index in [1.165, 1.54) is 0 Å². The van der Waals surface area contributed by atoms with Crippen molar-refractivity contribution < 1.29 is 9.59 Å². The second-order valence-electron chi connectivity index (χ2n) is 4.38. The summed E-state index contributed by atoms with van der Waals surface area (Å²) in [6.07, 6.45) is 6.01. The Balaban J connectivity index is 2.11. The molecule has 1 heterocycles. The fraction of sp³-hybridized carbons (Fsp3) is 0.286. The summed E-state index contributed by atoms with van der Waals surface area (Å²) in [5.41, 5.74) is 2.19. The summed E-state index contributed by atoms with van der Waals surface area (Å²) in [7, 11) is 0. The quantitative estimate of drug-likeness (QED) is 0.785. The number of benzene rings is 1. The molecule has 0 bridgehead atoms. The summed E-state index contributed by atoms with van der Waals surface area (Å²) in [5, 5.41) is 5.54. The third kappa shape index (κ3) is 2.51. The number of carbonyl (C=O) groups excluding carboxylic acids is 2. The lowest BCUT2D eigenvalue weighted by Gasteiger charge is -2.11. The Morgan fingerprint density at radius 3 is 3.11 bits per heavy atom. The molecule has 2 amide bonds. The van der Waals surface area contributed by atoms with Crippen molar-refractivity contribution in [3.8, 4) is 12.3 Å². The molecular formula is C14H14N2O2. The van der Waals surface area contributed by atoms with Gasteiger partial charge in [0.1, 0.15) is 0 Å². The average Bonchev–Trinajstić information content (AvgIpc) is 2.68. The number of hydrogen-bond donors (Lipinski definition) is 2. The Labute approximate surface area is 106 Å². The summed E-state index contributed by atoms with van der Waals surface area (Å²) in [5.74, 6) is 2.30. The van der Waals surface area contributed by atoms with Gasteiger partial charge in [0.15, 0.2) is 0 Å². The molecule has 1 unspecified atom stereocenters. The third-order valence-corrected chi connectivity index (χ3v) is 2.79. The Hall–Kier alpha value is -2.28. The smallest absolute Gasteiger partial charge is 0.251 e. The zero-order valence-corrected chi connectivity index (χ0v) is 10.1. The molecule has 2 N–H and O–H groups in total. The van der Waals surface area contributed by atoms with E-state index < -0.39 is 0 Å². The zero-order valence-electron chi connectivity index (χ0n) is 10.1. The van der Waals surface area contributed by atoms with Gasteiger partial charge in [0, 0.05) is 23.7 Å². The van der Waals surface area contributed by atoms with E-state index in [4.69, 9.17) is 6.42 Å². The minimum atomic E-state index is -0.167. The van der Waals surface area contributed by atoms with E-state index >= 15 is 0 Å². The van der Waals surface area contributed by atoms with E-state index in [1.807, 2.05) is 6.92 Å². The van der Waals surface area contributed by atoms with Crippen molar-refractivity contribution in [1.29, 1.82) is 0 Å². The number of hydrogen-bond acceptors (Lipinski definition) is 2. The van der Waals surface area contributed by atoms with E-state index in [0.29, 0.717) is 18.4 Å². The molecule has 2 rings (SSSR count). The number of anilines is 1. The molecule has 1 aromatic rings. The number of amides is 2. The normalized spacial score (nSPS) is 14.3. The van der Waals surface area contributed by atoms with Crippen LogP contribution >= 0.6 is 0 Å². The summed E-state index contributed by atoms with van der Waals surface area (Å²) < 4.78 is 0. The highest BCUT2D eigenvalue weighted by atomic mass is 16.2. The molecule has 1 aliphatic rings. The van der Waals surface area contributed by atoms with Gasteiger partial charge in [-0.1, -0.05) is 0 Å². The van der Waals surface area contributed by atoms with Gasteiger partial charge in [-0.05, 0) is 30.7 Å². The van der Waals surface area contributed by atoms with Crippen LogP contribution in [0.1, 0.15) is 29.3 Å². The van der Waals surface area contributed by atoms with Crippen molar-refractivity contribution in [3.05, 3.63) is 29.3 Å². The van der Waals surface area contributed by atoms with Crippen LogP contribution in [0.15, 0.2) is 18.2 Å². The van der Waals surface area contributed by atoms with E-state index in [2.05, 4.69) is 16.6 Å². The van der Waals surface area contributed by atoms with Crippen molar-refractivity contribution in [1.82, 2.24) is 5.32 Å². The van der Waals surface area contributed by atoms with Gasteiger partial charge in [-0.3, -0.25) is 9.59 Å². The van der Waals surface area contributed by atoms with Crippen LogP contribution in [0.2, 0.25) is 0 Å². The van der Waals surface area contributed by atoms with Crippen molar-refractivity contribution in [3.63, 3.8) is 0 Å². The first-order valence-corrected chi connectivity index (χ1v) is 5.77. The lowest BCUT2D eigenvalue weighted by molar-refractivity contribution is -0.115. The maximum Gasteiger partial charge on any atom is 0.251 e. The first-order valence-electron chi connectivity index (χ1n) is 5.77. The van der Waals surface area contributed by atoms with Gasteiger partial charge in [-0.2, -0.15) is 0 Å². The van der Waals surface area contributed by atoms with Crippen molar-refractivity contribution in [2.24, 2.45) is 0 Å². The predicted molar refractivity (Wildman–Crippen MR) is 69.2 cm³/mol. The van der Waals surface area contributed by atoms with E-state index in [0.717, 1.165) is 11.3 Å². The van der Waals surface area contributed by atoms with Gasteiger partial charge >= 0.3 is 0 Å². The highest BCUT2D eigenvalue weighted by molar-refractivity contribution is 6.01. The van der Waals surface area contributed by atoms with Gasteiger partial charge in [0.25, 0.3) is 5.91 Å². The Morgan fingerprint density at radius 1 is 1.61 bits per heavy atom. The summed E-state index contributed by atoms with van der Waals surface area (Å²) in [6, 6.07) is 5.13. The Bertz CT molecular complexity index is 543. The second kappa shape index (κ2) is 4.92. The second-order valence-corrected chi connectivity index (χ2v) is 4.38. The summed E-state index contributed by atoms with van der Waals surface area (Å²) in [6.45, 7) is 1.86. The van der Waals surface area contributed by atoms with Gasteiger partial charge in [-0.15, -0.1) is 12.3 Å². The molecule has 1 aromatic carbocycles. The summed E-state index contributed by atoms with van der Waals surface area (Å²) in [4.78, 5) is 23.1. The van der Waals surface area contributed by atoms with Crippen molar-refractivity contribution in [2.45, 2.75) is 25.8 Å². The number of terminal acetylenes is 1. The van der Waals surface area contributed by atoms with E-state index in [9.17, 15) is 9.59 Å². The molecule has 0 radical (unpaired) electrons. The fourth-order valence-electron chi connectivity index (χ4n) is 1.91. The Morgan fingerprint density at radius 2 is 2.39 bits per heavy atom. The van der Waals surface area contributed by atoms with E-state index in [1.54, 1.807) is 18.2 Å². The molecule has 18 heavy (non-hydrogen) atoms. The van der Waals surface area contributed by atoms with E-state index in [-0.39, 0.29) is 17.9 Å². The predicted octanol–water partition coefficient (Wildman–Crippen LogP) is 1.32.